The van der Waals surface area contributed by atoms with Crippen LogP contribution < -0.4 is 5.11 Å². The van der Waals surface area contributed by atoms with Crippen LogP contribution in [-0.4, -0.2) is 0 Å². The highest BCUT2D eigenvalue weighted by Crippen LogP contribution is 2.19. The number of benzene rings is 2. The van der Waals surface area contributed by atoms with Crippen molar-refractivity contribution < 1.29 is 9.84 Å². The minimum absolute atomic E-state index is 0.446. The van der Waals surface area contributed by atoms with Crippen molar-refractivity contribution in [2.75, 3.05) is 0 Å². The third-order valence-electron chi connectivity index (χ3n) is 2.33. The highest BCUT2D eigenvalue weighted by Gasteiger charge is 1.97. The monoisotopic (exact) mass is 224 g/mol. The minimum atomic E-state index is 0.446. The molecule has 0 aliphatic heterocycles. The SMILES string of the molecule is [O-][CH-]OC(=Cc1ccccc1)c1ccccc1. The fourth-order valence-corrected chi connectivity index (χ4v) is 1.54. The number of hydrogen-bond acceptors (Lipinski definition) is 2. The van der Waals surface area contributed by atoms with Crippen LogP contribution in [0.2, 0.25) is 0 Å². The van der Waals surface area contributed by atoms with Gasteiger partial charge in [-0.25, -0.2) is 0 Å². The maximum absolute atomic E-state index is 10.5. The zero-order chi connectivity index (χ0) is 11.9. The van der Waals surface area contributed by atoms with Crippen molar-refractivity contribution in [1.82, 2.24) is 0 Å². The molecular formula is C15H12O2-2. The van der Waals surface area contributed by atoms with E-state index in [1.54, 1.807) is 0 Å². The molecule has 0 aliphatic carbocycles. The molecule has 0 spiro atoms. The van der Waals surface area contributed by atoms with Crippen LogP contribution in [-0.2, 0) is 4.74 Å². The van der Waals surface area contributed by atoms with Crippen molar-refractivity contribution in [3.63, 3.8) is 0 Å². The second-order valence-corrected chi connectivity index (χ2v) is 3.50. The van der Waals surface area contributed by atoms with Gasteiger partial charge >= 0.3 is 0 Å². The predicted molar refractivity (Wildman–Crippen MR) is 66.1 cm³/mol. The first kappa shape index (κ1) is 11.4. The lowest BCUT2D eigenvalue weighted by molar-refractivity contribution is -0.360. The van der Waals surface area contributed by atoms with E-state index in [0.717, 1.165) is 11.1 Å². The molecule has 0 bridgehead atoms. The van der Waals surface area contributed by atoms with E-state index in [1.165, 1.54) is 0 Å². The van der Waals surface area contributed by atoms with E-state index in [0.29, 0.717) is 12.6 Å². The first-order chi connectivity index (χ1) is 8.40. The summed E-state index contributed by atoms with van der Waals surface area (Å²) in [6, 6.07) is 19.3. The van der Waals surface area contributed by atoms with E-state index in [9.17, 15) is 5.11 Å². The van der Waals surface area contributed by atoms with Crippen LogP contribution in [0.5, 0.6) is 0 Å². The molecule has 0 atom stereocenters. The molecule has 0 aliphatic rings. The van der Waals surface area contributed by atoms with E-state index in [4.69, 9.17) is 4.74 Å². The number of ether oxygens (including phenoxy) is 1. The van der Waals surface area contributed by atoms with Gasteiger partial charge < -0.3 is 9.84 Å². The summed E-state index contributed by atoms with van der Waals surface area (Å²) in [5, 5.41) is 10.5. The zero-order valence-electron chi connectivity index (χ0n) is 9.24. The van der Waals surface area contributed by atoms with Gasteiger partial charge in [0.2, 0.25) is 0 Å². The molecule has 0 heterocycles. The van der Waals surface area contributed by atoms with Crippen LogP contribution in [0.1, 0.15) is 11.1 Å². The average Bonchev–Trinajstić information content (AvgIpc) is 2.40. The van der Waals surface area contributed by atoms with Gasteiger partial charge in [0.15, 0.2) is 0 Å². The molecule has 2 rings (SSSR count). The first-order valence-electron chi connectivity index (χ1n) is 5.32. The van der Waals surface area contributed by atoms with Crippen LogP contribution in [0.15, 0.2) is 60.7 Å². The molecule has 0 saturated heterocycles. The van der Waals surface area contributed by atoms with Gasteiger partial charge in [0, 0.05) is 5.56 Å². The van der Waals surface area contributed by atoms with Crippen LogP contribution >= 0.6 is 0 Å². The van der Waals surface area contributed by atoms with Gasteiger partial charge in [-0.05, 0) is 11.6 Å². The van der Waals surface area contributed by atoms with E-state index in [1.807, 2.05) is 66.7 Å². The Morgan fingerprint density at radius 3 is 2.12 bits per heavy atom. The molecule has 0 amide bonds. The Balaban J connectivity index is 2.33. The van der Waals surface area contributed by atoms with Crippen molar-refractivity contribution >= 4 is 11.8 Å². The van der Waals surface area contributed by atoms with E-state index in [2.05, 4.69) is 0 Å². The molecule has 0 N–H and O–H groups in total. The molecule has 0 aromatic heterocycles. The number of hydrogen-bond donors (Lipinski definition) is 0. The summed E-state index contributed by atoms with van der Waals surface area (Å²) in [4.78, 5) is 0. The van der Waals surface area contributed by atoms with Gasteiger partial charge in [0.05, 0.1) is 5.76 Å². The molecule has 2 nitrogen and oxygen atoms in total. The second kappa shape index (κ2) is 5.87. The molecule has 17 heavy (non-hydrogen) atoms. The standard InChI is InChI=1S/C15H12O2/c16-12-17-15(14-9-5-2-6-10-14)11-13-7-3-1-4-8-13/h1-12H/q-2. The third-order valence-corrected chi connectivity index (χ3v) is 2.33. The van der Waals surface area contributed by atoms with E-state index >= 15 is 0 Å². The topological polar surface area (TPSA) is 32.3 Å². The summed E-state index contributed by atoms with van der Waals surface area (Å²) in [6.07, 6.45) is 1.84. The molecule has 0 fully saturated rings. The highest BCUT2D eigenvalue weighted by molar-refractivity contribution is 5.77. The van der Waals surface area contributed by atoms with Crippen LogP contribution in [0, 0.1) is 6.79 Å². The summed E-state index contributed by atoms with van der Waals surface area (Å²) >= 11 is 0. The fraction of sp³-hybridized carbons (Fsp3) is 0. The summed E-state index contributed by atoms with van der Waals surface area (Å²) in [5.74, 6) is 0.548. The van der Waals surface area contributed by atoms with Crippen molar-refractivity contribution in [1.29, 1.82) is 0 Å². The minimum Gasteiger partial charge on any atom is -1.00 e. The maximum Gasteiger partial charge on any atom is 0.0908 e. The summed E-state index contributed by atoms with van der Waals surface area (Å²) in [6.45, 7) is 0.446. The Labute approximate surface area is 101 Å². The second-order valence-electron chi connectivity index (χ2n) is 3.50. The summed E-state index contributed by atoms with van der Waals surface area (Å²) in [5.41, 5.74) is 1.87. The molecule has 0 saturated carbocycles. The molecule has 86 valence electrons. The summed E-state index contributed by atoms with van der Waals surface area (Å²) < 4.78 is 5.01. The van der Waals surface area contributed by atoms with Gasteiger partial charge in [0.25, 0.3) is 0 Å². The largest absolute Gasteiger partial charge is 1.00 e. The predicted octanol–water partition coefficient (Wildman–Crippen LogP) is 2.68. The lowest BCUT2D eigenvalue weighted by atomic mass is 10.1. The van der Waals surface area contributed by atoms with Crippen molar-refractivity contribution in [3.8, 4) is 0 Å². The van der Waals surface area contributed by atoms with Crippen LogP contribution in [0.4, 0.5) is 0 Å². The van der Waals surface area contributed by atoms with Gasteiger partial charge in [0.1, 0.15) is 0 Å². The Hall–Kier alpha value is -2.06. The Morgan fingerprint density at radius 1 is 0.941 bits per heavy atom. The summed E-state index contributed by atoms with van der Waals surface area (Å²) in [7, 11) is 0. The third kappa shape index (κ3) is 3.20. The van der Waals surface area contributed by atoms with Gasteiger partial charge in [-0.2, -0.15) is 0 Å². The average molecular weight is 224 g/mol. The van der Waals surface area contributed by atoms with Crippen molar-refractivity contribution in [2.24, 2.45) is 0 Å². The highest BCUT2D eigenvalue weighted by atomic mass is 16.6. The molecule has 2 aromatic rings. The smallest absolute Gasteiger partial charge is 0.0908 e. The Morgan fingerprint density at radius 2 is 1.53 bits per heavy atom. The molecule has 2 aromatic carbocycles. The van der Waals surface area contributed by atoms with Crippen LogP contribution in [0.3, 0.4) is 0 Å². The molecule has 0 radical (unpaired) electrons. The van der Waals surface area contributed by atoms with Crippen molar-refractivity contribution in [3.05, 3.63) is 78.6 Å². The van der Waals surface area contributed by atoms with Gasteiger partial charge in [-0.15, -0.1) is 0 Å². The lowest BCUT2D eigenvalue weighted by Gasteiger charge is -2.26. The van der Waals surface area contributed by atoms with Gasteiger partial charge in [-0.3, -0.25) is 6.79 Å². The Bertz CT molecular complexity index is 475. The van der Waals surface area contributed by atoms with Crippen molar-refractivity contribution in [2.45, 2.75) is 0 Å². The lowest BCUT2D eigenvalue weighted by Crippen LogP contribution is -2.01. The molecule has 2 heteroatoms. The van der Waals surface area contributed by atoms with Crippen LogP contribution in [0.25, 0.3) is 11.8 Å². The quantitative estimate of drug-likeness (QED) is 0.454. The Kier molecular flexibility index (Phi) is 3.95. The molecular weight excluding hydrogens is 212 g/mol. The normalized spacial score (nSPS) is 11.2. The molecule has 0 unspecified atom stereocenters. The fourth-order valence-electron chi connectivity index (χ4n) is 1.54. The maximum atomic E-state index is 10.5. The number of rotatable bonds is 4. The van der Waals surface area contributed by atoms with Gasteiger partial charge in [-0.1, -0.05) is 60.7 Å². The van der Waals surface area contributed by atoms with E-state index in [-0.39, 0.29) is 0 Å². The van der Waals surface area contributed by atoms with E-state index < -0.39 is 0 Å². The zero-order valence-corrected chi connectivity index (χ0v) is 9.24. The first-order valence-corrected chi connectivity index (χ1v) is 5.32.